The van der Waals surface area contributed by atoms with E-state index in [1.54, 1.807) is 4.98 Å². The van der Waals surface area contributed by atoms with Gasteiger partial charge in [-0.25, -0.2) is 20.2 Å². The maximum absolute atomic E-state index is 12.7. The van der Waals surface area contributed by atoms with E-state index in [2.05, 4.69) is 0 Å². The summed E-state index contributed by atoms with van der Waals surface area (Å²) >= 11 is 0. The molecule has 1 aliphatic rings. The average molecular weight is 356 g/mol. The number of fused-ring (bicyclic) bond motifs is 1. The number of nitrogens with one attached hydrogen (secondary N) is 1. The van der Waals surface area contributed by atoms with Crippen LogP contribution < -0.4 is 26.8 Å². The van der Waals surface area contributed by atoms with E-state index in [1.165, 1.54) is 19.1 Å². The third-order valence-electron chi connectivity index (χ3n) is 3.64. The van der Waals surface area contributed by atoms with Crippen molar-refractivity contribution in [2.75, 3.05) is 11.6 Å². The van der Waals surface area contributed by atoms with E-state index < -0.39 is 29.0 Å². The second kappa shape index (κ2) is 5.48. The van der Waals surface area contributed by atoms with Gasteiger partial charge in [0.2, 0.25) is 0 Å². The Morgan fingerprint density at radius 3 is 2.44 bits per heavy atom. The number of nitrogens with zero attached hydrogens (tertiary/aromatic N) is 2. The van der Waals surface area contributed by atoms with Crippen molar-refractivity contribution in [3.63, 3.8) is 0 Å². The summed E-state index contributed by atoms with van der Waals surface area (Å²) in [5, 5.41) is 0.783. The number of anilines is 1. The minimum absolute atomic E-state index is 0.0209. The number of hydrogen-bond donors (Lipinski definition) is 2. The number of aromatic amines is 1. The van der Waals surface area contributed by atoms with Crippen LogP contribution in [0.15, 0.2) is 27.8 Å². The van der Waals surface area contributed by atoms with Crippen molar-refractivity contribution in [2.24, 2.45) is 5.84 Å². The number of amides is 1. The monoisotopic (exact) mass is 356 g/mol. The number of halogens is 3. The van der Waals surface area contributed by atoms with Crippen molar-refractivity contribution >= 4 is 11.6 Å². The lowest BCUT2D eigenvalue weighted by molar-refractivity contribution is -0.141. The van der Waals surface area contributed by atoms with Gasteiger partial charge < -0.3 is 9.72 Å². The number of benzene rings is 1. The fourth-order valence-corrected chi connectivity index (χ4v) is 2.42. The van der Waals surface area contributed by atoms with Crippen LogP contribution in [0.25, 0.3) is 5.69 Å². The first-order valence-electron chi connectivity index (χ1n) is 6.88. The van der Waals surface area contributed by atoms with E-state index in [0.717, 1.165) is 5.01 Å². The molecule has 2 aromatic rings. The third-order valence-corrected chi connectivity index (χ3v) is 3.64. The summed E-state index contributed by atoms with van der Waals surface area (Å²) < 4.78 is 43.8. The highest BCUT2D eigenvalue weighted by Crippen LogP contribution is 2.34. The molecule has 11 heteroatoms. The second-order valence-electron chi connectivity index (χ2n) is 5.32. The van der Waals surface area contributed by atoms with Gasteiger partial charge in [0.1, 0.15) is 17.1 Å². The predicted octanol–water partition coefficient (Wildman–Crippen LogP) is 0.452. The van der Waals surface area contributed by atoms with E-state index in [-0.39, 0.29) is 29.8 Å². The van der Waals surface area contributed by atoms with Crippen LogP contribution in [0.2, 0.25) is 0 Å². The van der Waals surface area contributed by atoms with Crippen LogP contribution in [0, 0.1) is 6.92 Å². The first-order valence-corrected chi connectivity index (χ1v) is 6.88. The van der Waals surface area contributed by atoms with Crippen LogP contribution in [0.1, 0.15) is 11.3 Å². The van der Waals surface area contributed by atoms with E-state index in [4.69, 9.17) is 10.6 Å². The van der Waals surface area contributed by atoms with E-state index >= 15 is 0 Å². The number of aromatic nitrogens is 2. The Morgan fingerprint density at radius 2 is 1.84 bits per heavy atom. The van der Waals surface area contributed by atoms with E-state index in [1.807, 2.05) is 0 Å². The van der Waals surface area contributed by atoms with Gasteiger partial charge in [-0.1, -0.05) is 0 Å². The van der Waals surface area contributed by atoms with Crippen LogP contribution in [0.3, 0.4) is 0 Å². The topological polar surface area (TPSA) is 110 Å². The van der Waals surface area contributed by atoms with Crippen molar-refractivity contribution < 1.29 is 22.7 Å². The summed E-state index contributed by atoms with van der Waals surface area (Å²) in [5.41, 5.74) is -3.46. The van der Waals surface area contributed by atoms with Crippen molar-refractivity contribution in [2.45, 2.75) is 13.1 Å². The number of hydrazine groups is 1. The molecule has 0 radical (unpaired) electrons. The summed E-state index contributed by atoms with van der Waals surface area (Å²) in [4.78, 5) is 37.3. The molecule has 0 spiro atoms. The molecule has 0 saturated carbocycles. The summed E-state index contributed by atoms with van der Waals surface area (Å²) in [6.07, 6.45) is -4.86. The number of ether oxygens (including phenoxy) is 1. The standard InChI is InChI=1S/C14H11F3N4O4/c1-6-2-9-8(21(18)12(23)5-25-9)3-7(6)20-11(22)4-10(14(15,16)17)19-13(20)24/h2-4H,5,18H2,1H3,(H,19,24). The number of rotatable bonds is 1. The molecule has 0 unspecified atom stereocenters. The van der Waals surface area contributed by atoms with E-state index in [0.29, 0.717) is 10.1 Å². The quantitative estimate of drug-likeness (QED) is 0.569. The number of alkyl halides is 3. The molecule has 8 nitrogen and oxygen atoms in total. The van der Waals surface area contributed by atoms with Crippen LogP contribution in [-0.4, -0.2) is 22.1 Å². The molecule has 1 aromatic heterocycles. The molecular weight excluding hydrogens is 345 g/mol. The molecule has 132 valence electrons. The van der Waals surface area contributed by atoms with Crippen molar-refractivity contribution in [1.82, 2.24) is 9.55 Å². The van der Waals surface area contributed by atoms with Crippen molar-refractivity contribution in [3.05, 3.63) is 50.3 Å². The number of nitrogens with two attached hydrogens (primary N) is 1. The first-order chi connectivity index (χ1) is 11.6. The smallest absolute Gasteiger partial charge is 0.431 e. The highest BCUT2D eigenvalue weighted by Gasteiger charge is 2.33. The Balaban J connectivity index is 2.23. The lowest BCUT2D eigenvalue weighted by Gasteiger charge is -2.26. The summed E-state index contributed by atoms with van der Waals surface area (Å²) in [5.74, 6) is 5.32. The molecule has 3 rings (SSSR count). The number of carbonyl (C=O) groups is 1. The van der Waals surface area contributed by atoms with Gasteiger partial charge in [-0.2, -0.15) is 13.2 Å². The van der Waals surface area contributed by atoms with Gasteiger partial charge in [-0.05, 0) is 24.6 Å². The fourth-order valence-electron chi connectivity index (χ4n) is 2.42. The maximum atomic E-state index is 12.7. The SMILES string of the molecule is Cc1cc2c(cc1-n1c(=O)cc(C(F)(F)F)[nH]c1=O)N(N)C(=O)CO2. The lowest BCUT2D eigenvalue weighted by Crippen LogP contribution is -2.44. The summed E-state index contributed by atoms with van der Waals surface area (Å²) in [6.45, 7) is 1.25. The van der Waals surface area contributed by atoms with Crippen LogP contribution in [0.4, 0.5) is 18.9 Å². The average Bonchev–Trinajstić information content (AvgIpc) is 2.50. The van der Waals surface area contributed by atoms with Crippen LogP contribution in [0.5, 0.6) is 5.75 Å². The van der Waals surface area contributed by atoms with Gasteiger partial charge >= 0.3 is 11.9 Å². The van der Waals surface area contributed by atoms with Gasteiger partial charge in [0.15, 0.2) is 6.61 Å². The highest BCUT2D eigenvalue weighted by atomic mass is 19.4. The minimum Gasteiger partial charge on any atom is -0.481 e. The molecule has 2 heterocycles. The number of carbonyl (C=O) groups excluding carboxylic acids is 1. The fraction of sp³-hybridized carbons (Fsp3) is 0.214. The molecule has 0 aliphatic carbocycles. The van der Waals surface area contributed by atoms with Gasteiger partial charge in [-0.15, -0.1) is 0 Å². The Bertz CT molecular complexity index is 962. The number of hydrogen-bond acceptors (Lipinski definition) is 5. The zero-order valence-electron chi connectivity index (χ0n) is 12.7. The molecule has 3 N–H and O–H groups in total. The zero-order chi connectivity index (χ0) is 18.5. The molecule has 0 fully saturated rings. The van der Waals surface area contributed by atoms with Gasteiger partial charge in [0.05, 0.1) is 5.69 Å². The largest absolute Gasteiger partial charge is 0.481 e. The van der Waals surface area contributed by atoms with E-state index in [9.17, 15) is 27.6 Å². The molecule has 1 aromatic carbocycles. The van der Waals surface area contributed by atoms with Crippen LogP contribution >= 0.6 is 0 Å². The number of aryl methyl sites for hydroxylation is 1. The Labute approximate surface area is 137 Å². The lowest BCUT2D eigenvalue weighted by atomic mass is 10.1. The second-order valence-corrected chi connectivity index (χ2v) is 5.32. The first kappa shape index (κ1) is 16.8. The highest BCUT2D eigenvalue weighted by molar-refractivity contribution is 5.97. The maximum Gasteiger partial charge on any atom is 0.431 e. The van der Waals surface area contributed by atoms with Crippen molar-refractivity contribution in [1.29, 1.82) is 0 Å². The third kappa shape index (κ3) is 2.78. The molecular formula is C14H11F3N4O4. The van der Waals surface area contributed by atoms with Crippen molar-refractivity contribution in [3.8, 4) is 11.4 Å². The van der Waals surface area contributed by atoms with Gasteiger partial charge in [0.25, 0.3) is 11.5 Å². The number of H-pyrrole nitrogens is 1. The molecule has 0 saturated heterocycles. The molecule has 0 bridgehead atoms. The molecule has 25 heavy (non-hydrogen) atoms. The summed E-state index contributed by atoms with van der Waals surface area (Å²) in [6, 6.07) is 2.94. The Hall–Kier alpha value is -3.08. The Kier molecular flexibility index (Phi) is 3.68. The summed E-state index contributed by atoms with van der Waals surface area (Å²) in [7, 11) is 0. The molecule has 0 atom stereocenters. The molecule has 1 amide bonds. The zero-order valence-corrected chi connectivity index (χ0v) is 12.7. The Morgan fingerprint density at radius 1 is 1.16 bits per heavy atom. The predicted molar refractivity (Wildman–Crippen MR) is 79.6 cm³/mol. The van der Waals surface area contributed by atoms with Gasteiger partial charge in [-0.3, -0.25) is 9.59 Å². The minimum atomic E-state index is -4.86. The van der Waals surface area contributed by atoms with Crippen LogP contribution in [-0.2, 0) is 11.0 Å². The molecule has 1 aliphatic heterocycles. The normalized spacial score (nSPS) is 14.3. The van der Waals surface area contributed by atoms with Gasteiger partial charge in [0, 0.05) is 6.07 Å².